The molecule has 0 saturated heterocycles. The number of rotatable bonds is 3. The average molecular weight is 292 g/mol. The van der Waals surface area contributed by atoms with Crippen molar-refractivity contribution >= 4 is 28.6 Å². The normalized spacial score (nSPS) is 18.5. The highest BCUT2D eigenvalue weighted by molar-refractivity contribution is 6.35. The summed E-state index contributed by atoms with van der Waals surface area (Å²) in [5.41, 5.74) is 8.11. The molecule has 1 aliphatic carbocycles. The van der Waals surface area contributed by atoms with Crippen LogP contribution >= 0.6 is 11.6 Å². The van der Waals surface area contributed by atoms with Gasteiger partial charge in [0, 0.05) is 6.04 Å². The molecule has 0 bridgehead atoms. The fourth-order valence-corrected chi connectivity index (χ4v) is 3.91. The van der Waals surface area contributed by atoms with Crippen LogP contribution in [0.2, 0.25) is 5.02 Å². The lowest BCUT2D eigenvalue weighted by Gasteiger charge is -2.31. The van der Waals surface area contributed by atoms with Gasteiger partial charge in [0.2, 0.25) is 5.95 Å². The van der Waals surface area contributed by atoms with E-state index >= 15 is 0 Å². The van der Waals surface area contributed by atoms with Crippen LogP contribution in [0.5, 0.6) is 0 Å². The van der Waals surface area contributed by atoms with Gasteiger partial charge in [-0.15, -0.1) is 0 Å². The molecule has 0 radical (unpaired) electrons. The van der Waals surface area contributed by atoms with E-state index in [1.165, 1.54) is 32.1 Å². The van der Waals surface area contributed by atoms with Crippen LogP contribution in [0.15, 0.2) is 18.2 Å². The van der Waals surface area contributed by atoms with E-state index in [9.17, 15) is 0 Å². The Labute approximate surface area is 125 Å². The zero-order valence-electron chi connectivity index (χ0n) is 12.0. The molecular weight excluding hydrogens is 270 g/mol. The molecule has 3 rings (SSSR count). The van der Waals surface area contributed by atoms with E-state index in [0.29, 0.717) is 22.9 Å². The van der Waals surface area contributed by atoms with Crippen LogP contribution in [-0.4, -0.2) is 9.55 Å². The Morgan fingerprint density at radius 3 is 2.80 bits per heavy atom. The Balaban J connectivity index is 2.06. The monoisotopic (exact) mass is 291 g/mol. The molecule has 0 amide bonds. The highest BCUT2D eigenvalue weighted by Crippen LogP contribution is 2.38. The first-order valence-electron chi connectivity index (χ1n) is 7.64. The van der Waals surface area contributed by atoms with E-state index in [1.807, 2.05) is 12.1 Å². The van der Waals surface area contributed by atoms with Gasteiger partial charge >= 0.3 is 0 Å². The molecule has 1 atom stereocenters. The molecular formula is C16H22ClN3. The van der Waals surface area contributed by atoms with Crippen LogP contribution in [0.1, 0.15) is 51.5 Å². The highest BCUT2D eigenvalue weighted by atomic mass is 35.5. The summed E-state index contributed by atoms with van der Waals surface area (Å²) in [5.74, 6) is 1.32. The van der Waals surface area contributed by atoms with E-state index in [0.717, 1.165) is 17.5 Å². The molecule has 2 aromatic rings. The number of halogens is 1. The molecule has 1 aromatic heterocycles. The van der Waals surface area contributed by atoms with Crippen molar-refractivity contribution in [2.24, 2.45) is 5.92 Å². The SMILES string of the molecule is CCC(C1CCCCC1)n1c(N)nc2c(Cl)cccc21. The van der Waals surface area contributed by atoms with Gasteiger partial charge in [-0.3, -0.25) is 0 Å². The van der Waals surface area contributed by atoms with Crippen LogP contribution in [0.25, 0.3) is 11.0 Å². The number of nitrogen functional groups attached to an aromatic ring is 1. The first-order chi connectivity index (χ1) is 9.72. The number of imidazole rings is 1. The lowest BCUT2D eigenvalue weighted by atomic mass is 9.82. The van der Waals surface area contributed by atoms with Crippen LogP contribution in [0.3, 0.4) is 0 Å². The third kappa shape index (κ3) is 2.28. The van der Waals surface area contributed by atoms with Crippen molar-refractivity contribution in [2.45, 2.75) is 51.5 Å². The van der Waals surface area contributed by atoms with Crippen molar-refractivity contribution < 1.29 is 0 Å². The van der Waals surface area contributed by atoms with Gasteiger partial charge in [-0.1, -0.05) is 43.9 Å². The van der Waals surface area contributed by atoms with Gasteiger partial charge in [0.1, 0.15) is 5.52 Å². The zero-order valence-corrected chi connectivity index (χ0v) is 12.7. The van der Waals surface area contributed by atoms with Gasteiger partial charge < -0.3 is 10.3 Å². The van der Waals surface area contributed by atoms with Crippen molar-refractivity contribution in [1.82, 2.24) is 9.55 Å². The number of hydrogen-bond donors (Lipinski definition) is 1. The number of anilines is 1. The maximum atomic E-state index is 6.24. The van der Waals surface area contributed by atoms with E-state index in [1.54, 1.807) is 0 Å². The Bertz CT molecular complexity index is 599. The fourth-order valence-electron chi connectivity index (χ4n) is 3.70. The summed E-state index contributed by atoms with van der Waals surface area (Å²) >= 11 is 6.24. The number of fused-ring (bicyclic) bond motifs is 1. The summed E-state index contributed by atoms with van der Waals surface area (Å²) in [6, 6.07) is 6.38. The molecule has 1 aliphatic rings. The van der Waals surface area contributed by atoms with E-state index in [-0.39, 0.29) is 0 Å². The second-order valence-corrected chi connectivity index (χ2v) is 6.23. The van der Waals surface area contributed by atoms with Gasteiger partial charge in [0.05, 0.1) is 10.5 Å². The average Bonchev–Trinajstić information content (AvgIpc) is 2.80. The van der Waals surface area contributed by atoms with Gasteiger partial charge in [-0.2, -0.15) is 0 Å². The van der Waals surface area contributed by atoms with E-state index < -0.39 is 0 Å². The maximum Gasteiger partial charge on any atom is 0.201 e. The standard InChI is InChI=1S/C16H22ClN3/c1-2-13(11-7-4-3-5-8-11)20-14-10-6-9-12(17)15(14)19-16(20)18/h6,9-11,13H,2-5,7-8H2,1H3,(H2,18,19). The number of aromatic nitrogens is 2. The van der Waals surface area contributed by atoms with Crippen LogP contribution in [0, 0.1) is 5.92 Å². The highest BCUT2D eigenvalue weighted by Gasteiger charge is 2.26. The van der Waals surface area contributed by atoms with Gasteiger partial charge in [-0.05, 0) is 37.3 Å². The van der Waals surface area contributed by atoms with Crippen LogP contribution in [0.4, 0.5) is 5.95 Å². The fraction of sp³-hybridized carbons (Fsp3) is 0.562. The molecule has 20 heavy (non-hydrogen) atoms. The Kier molecular flexibility index (Phi) is 3.88. The molecule has 1 aromatic carbocycles. The first kappa shape index (κ1) is 13.7. The molecule has 1 saturated carbocycles. The first-order valence-corrected chi connectivity index (χ1v) is 8.02. The molecule has 108 valence electrons. The molecule has 3 nitrogen and oxygen atoms in total. The second kappa shape index (κ2) is 5.65. The molecule has 0 aliphatic heterocycles. The summed E-state index contributed by atoms with van der Waals surface area (Å²) in [4.78, 5) is 4.49. The zero-order chi connectivity index (χ0) is 14.1. The summed E-state index contributed by atoms with van der Waals surface area (Å²) in [6.45, 7) is 2.25. The predicted octanol–water partition coefficient (Wildman–Crippen LogP) is 4.80. The molecule has 1 unspecified atom stereocenters. The predicted molar refractivity (Wildman–Crippen MR) is 85.1 cm³/mol. The van der Waals surface area contributed by atoms with Gasteiger partial charge in [0.15, 0.2) is 0 Å². The molecule has 2 N–H and O–H groups in total. The summed E-state index contributed by atoms with van der Waals surface area (Å²) in [6.07, 6.45) is 7.76. The molecule has 1 fully saturated rings. The largest absolute Gasteiger partial charge is 0.369 e. The van der Waals surface area contributed by atoms with Crippen LogP contribution < -0.4 is 5.73 Å². The quantitative estimate of drug-likeness (QED) is 0.882. The summed E-state index contributed by atoms with van der Waals surface area (Å²) < 4.78 is 2.22. The number of nitrogens with zero attached hydrogens (tertiary/aromatic N) is 2. The third-order valence-electron chi connectivity index (χ3n) is 4.64. The van der Waals surface area contributed by atoms with Crippen molar-refractivity contribution in [3.05, 3.63) is 23.2 Å². The lowest BCUT2D eigenvalue weighted by Crippen LogP contribution is -2.22. The minimum Gasteiger partial charge on any atom is -0.369 e. The minimum atomic E-state index is 0.443. The van der Waals surface area contributed by atoms with Crippen molar-refractivity contribution in [3.8, 4) is 0 Å². The number of benzene rings is 1. The minimum absolute atomic E-state index is 0.443. The lowest BCUT2D eigenvalue weighted by molar-refractivity contribution is 0.249. The van der Waals surface area contributed by atoms with Crippen LogP contribution in [-0.2, 0) is 0 Å². The topological polar surface area (TPSA) is 43.8 Å². The summed E-state index contributed by atoms with van der Waals surface area (Å²) in [7, 11) is 0. The molecule has 0 spiro atoms. The van der Waals surface area contributed by atoms with E-state index in [4.69, 9.17) is 17.3 Å². The second-order valence-electron chi connectivity index (χ2n) is 5.82. The van der Waals surface area contributed by atoms with Crippen molar-refractivity contribution in [1.29, 1.82) is 0 Å². The maximum absolute atomic E-state index is 6.24. The van der Waals surface area contributed by atoms with Crippen molar-refractivity contribution in [2.75, 3.05) is 5.73 Å². The Hall–Kier alpha value is -1.22. The number of para-hydroxylation sites is 1. The Morgan fingerprint density at radius 1 is 1.35 bits per heavy atom. The van der Waals surface area contributed by atoms with Gasteiger partial charge in [-0.25, -0.2) is 4.98 Å². The number of hydrogen-bond acceptors (Lipinski definition) is 2. The molecule has 4 heteroatoms. The molecule has 1 heterocycles. The van der Waals surface area contributed by atoms with Gasteiger partial charge in [0.25, 0.3) is 0 Å². The third-order valence-corrected chi connectivity index (χ3v) is 4.95. The number of nitrogens with two attached hydrogens (primary N) is 1. The van der Waals surface area contributed by atoms with E-state index in [2.05, 4.69) is 22.5 Å². The Morgan fingerprint density at radius 2 is 2.10 bits per heavy atom. The van der Waals surface area contributed by atoms with Crippen molar-refractivity contribution in [3.63, 3.8) is 0 Å². The smallest absolute Gasteiger partial charge is 0.201 e. The summed E-state index contributed by atoms with van der Waals surface area (Å²) in [5, 5.41) is 0.687.